The predicted molar refractivity (Wildman–Crippen MR) is 139 cm³/mol. The summed E-state index contributed by atoms with van der Waals surface area (Å²) < 4.78 is 6.08. The molecule has 0 saturated carbocycles. The molecule has 0 aliphatic rings. The van der Waals surface area contributed by atoms with Crippen molar-refractivity contribution in [2.24, 2.45) is 7.05 Å². The quantitative estimate of drug-likeness (QED) is 0.346. The van der Waals surface area contributed by atoms with Crippen molar-refractivity contribution in [3.05, 3.63) is 95.8 Å². The van der Waals surface area contributed by atoms with Gasteiger partial charge >= 0.3 is 0 Å². The molecule has 5 heterocycles. The van der Waals surface area contributed by atoms with E-state index in [4.69, 9.17) is 5.73 Å². The molecule has 0 aliphatic heterocycles. The number of hydrogen-bond acceptors (Lipinski definition) is 8. The molecule has 6 aromatic rings. The zero-order chi connectivity index (χ0) is 26.2. The monoisotopic (exact) mass is 507 g/mol. The van der Waals surface area contributed by atoms with E-state index in [9.17, 15) is 9.59 Å². The maximum Gasteiger partial charge on any atom is 0.288 e. The number of amides is 1. The average molecular weight is 508 g/mol. The van der Waals surface area contributed by atoms with Gasteiger partial charge in [-0.25, -0.2) is 4.98 Å². The van der Waals surface area contributed by atoms with Crippen LogP contribution in [-0.2, 0) is 13.7 Å². The molecule has 3 N–H and O–H groups in total. The van der Waals surface area contributed by atoms with Crippen molar-refractivity contribution in [2.45, 2.75) is 6.67 Å². The van der Waals surface area contributed by atoms with E-state index in [1.807, 2.05) is 31.4 Å². The highest BCUT2D eigenvalue weighted by atomic mass is 16.2. The minimum Gasteiger partial charge on any atom is -0.383 e. The van der Waals surface area contributed by atoms with Crippen molar-refractivity contribution in [3.63, 3.8) is 0 Å². The average Bonchev–Trinajstić information content (AvgIpc) is 3.69. The number of fused-ring (bicyclic) bond motifs is 1. The summed E-state index contributed by atoms with van der Waals surface area (Å²) in [5.74, 6) is 0.105. The third-order valence-electron chi connectivity index (χ3n) is 6.01. The first-order chi connectivity index (χ1) is 18.5. The summed E-state index contributed by atoms with van der Waals surface area (Å²) in [6.07, 6.45) is 11.5. The number of hydrogen-bond donors (Lipinski definition) is 2. The highest BCUT2D eigenvalue weighted by molar-refractivity contribution is 6.04. The molecule has 0 aliphatic carbocycles. The number of aromatic nitrogens is 9. The standard InChI is InChI=1S/C25H21N11O2/c1-33-12-18(11-30-33)17-9-20(22(26)27-10-17)16-3-5-19(6-4-16)32-23(37)21-13-34(15-35-8-2-7-29-35)25-28-14-31-36(25)24(21)38/h2-14H,15H2,1H3,(H2,26,27)(H,32,37). The Morgan fingerprint density at radius 1 is 1.00 bits per heavy atom. The number of nitrogens with one attached hydrogen (secondary N) is 1. The molecular formula is C25H21N11O2. The second-order valence-electron chi connectivity index (χ2n) is 8.57. The van der Waals surface area contributed by atoms with Crippen LogP contribution in [0.2, 0.25) is 0 Å². The van der Waals surface area contributed by atoms with Gasteiger partial charge in [-0.15, -0.1) is 0 Å². The van der Waals surface area contributed by atoms with Crippen molar-refractivity contribution in [2.75, 3.05) is 11.1 Å². The zero-order valence-corrected chi connectivity index (χ0v) is 20.1. The van der Waals surface area contributed by atoms with Gasteiger partial charge in [-0.1, -0.05) is 12.1 Å². The summed E-state index contributed by atoms with van der Waals surface area (Å²) in [6.45, 7) is 0.248. The van der Waals surface area contributed by atoms with E-state index >= 15 is 0 Å². The van der Waals surface area contributed by atoms with Crippen LogP contribution < -0.4 is 16.6 Å². The Morgan fingerprint density at radius 2 is 1.84 bits per heavy atom. The lowest BCUT2D eigenvalue weighted by atomic mass is 10.0. The molecule has 13 heteroatoms. The molecule has 38 heavy (non-hydrogen) atoms. The molecule has 0 atom stereocenters. The van der Waals surface area contributed by atoms with Crippen LogP contribution in [0.25, 0.3) is 28.0 Å². The number of nitrogens with zero attached hydrogens (tertiary/aromatic N) is 9. The maximum absolute atomic E-state index is 13.1. The van der Waals surface area contributed by atoms with E-state index in [1.165, 1.54) is 12.5 Å². The van der Waals surface area contributed by atoms with Crippen molar-refractivity contribution < 1.29 is 4.79 Å². The Morgan fingerprint density at radius 3 is 2.58 bits per heavy atom. The van der Waals surface area contributed by atoms with Gasteiger partial charge in [0.05, 0.1) is 6.20 Å². The second-order valence-corrected chi connectivity index (χ2v) is 8.57. The highest BCUT2D eigenvalue weighted by Crippen LogP contribution is 2.30. The van der Waals surface area contributed by atoms with Crippen LogP contribution in [0.1, 0.15) is 10.4 Å². The first-order valence-electron chi connectivity index (χ1n) is 11.5. The van der Waals surface area contributed by atoms with Crippen LogP contribution in [0.15, 0.2) is 84.7 Å². The second kappa shape index (κ2) is 9.13. The number of carbonyl (C=O) groups excluding carboxylic acids is 1. The van der Waals surface area contributed by atoms with E-state index in [0.29, 0.717) is 17.3 Å². The number of anilines is 2. The van der Waals surface area contributed by atoms with Crippen LogP contribution in [-0.4, -0.2) is 49.6 Å². The fourth-order valence-electron chi connectivity index (χ4n) is 4.12. The van der Waals surface area contributed by atoms with Crippen LogP contribution in [0, 0.1) is 0 Å². The number of nitrogen functional groups attached to an aromatic ring is 1. The van der Waals surface area contributed by atoms with Gasteiger partial charge in [0.1, 0.15) is 24.4 Å². The summed E-state index contributed by atoms with van der Waals surface area (Å²) in [5, 5.41) is 15.1. The van der Waals surface area contributed by atoms with E-state index in [1.54, 1.807) is 56.9 Å². The summed E-state index contributed by atoms with van der Waals surface area (Å²) >= 11 is 0. The van der Waals surface area contributed by atoms with Gasteiger partial charge < -0.3 is 11.1 Å². The first-order valence-corrected chi connectivity index (χ1v) is 11.5. The van der Waals surface area contributed by atoms with Crippen LogP contribution in [0.3, 0.4) is 0 Å². The van der Waals surface area contributed by atoms with Crippen LogP contribution >= 0.6 is 0 Å². The molecule has 0 unspecified atom stereocenters. The summed E-state index contributed by atoms with van der Waals surface area (Å²) in [7, 11) is 1.85. The minimum absolute atomic E-state index is 0.0863. The SMILES string of the molecule is Cn1cc(-c2cnc(N)c(-c3ccc(NC(=O)c4cn(Cn5cccn5)c5ncnn5c4=O)cc3)c2)cn1. The topological polar surface area (TPSA) is 156 Å². The van der Waals surface area contributed by atoms with Crippen molar-refractivity contribution in [3.8, 4) is 22.3 Å². The van der Waals surface area contributed by atoms with E-state index in [2.05, 4.69) is 30.6 Å². The molecule has 5 aromatic heterocycles. The summed E-state index contributed by atoms with van der Waals surface area (Å²) in [5.41, 5.74) is 9.38. The fourth-order valence-corrected chi connectivity index (χ4v) is 4.12. The number of pyridine rings is 1. The minimum atomic E-state index is -0.575. The van der Waals surface area contributed by atoms with Crippen LogP contribution in [0.5, 0.6) is 0 Å². The summed E-state index contributed by atoms with van der Waals surface area (Å²) in [4.78, 5) is 34.5. The molecule has 1 aromatic carbocycles. The Hall–Kier alpha value is -5.59. The summed E-state index contributed by atoms with van der Waals surface area (Å²) in [6, 6.07) is 10.8. The van der Waals surface area contributed by atoms with Crippen molar-refractivity contribution >= 4 is 23.2 Å². The van der Waals surface area contributed by atoms with Gasteiger partial charge in [-0.05, 0) is 29.8 Å². The molecule has 0 saturated heterocycles. The van der Waals surface area contributed by atoms with Gasteiger partial charge in [-0.3, -0.25) is 23.5 Å². The molecule has 13 nitrogen and oxygen atoms in total. The van der Waals surface area contributed by atoms with Gasteiger partial charge in [0.15, 0.2) is 0 Å². The number of carbonyl (C=O) groups is 1. The number of benzene rings is 1. The lowest BCUT2D eigenvalue weighted by molar-refractivity contribution is 0.102. The lowest BCUT2D eigenvalue weighted by Crippen LogP contribution is -2.30. The molecule has 1 amide bonds. The van der Waals surface area contributed by atoms with Gasteiger partial charge in [0.25, 0.3) is 11.5 Å². The Balaban J connectivity index is 1.27. The lowest BCUT2D eigenvalue weighted by Gasteiger charge is -2.12. The third kappa shape index (κ3) is 4.17. The highest BCUT2D eigenvalue weighted by Gasteiger charge is 2.18. The van der Waals surface area contributed by atoms with E-state index in [-0.39, 0.29) is 12.2 Å². The molecule has 0 radical (unpaired) electrons. The Kier molecular flexibility index (Phi) is 5.49. The third-order valence-corrected chi connectivity index (χ3v) is 6.01. The maximum atomic E-state index is 13.1. The number of aryl methyl sites for hydroxylation is 1. The first kappa shape index (κ1) is 22.8. The van der Waals surface area contributed by atoms with Crippen molar-refractivity contribution in [1.29, 1.82) is 0 Å². The molecule has 0 fully saturated rings. The largest absolute Gasteiger partial charge is 0.383 e. The molecular weight excluding hydrogens is 486 g/mol. The molecule has 0 bridgehead atoms. The Bertz CT molecular complexity index is 1830. The van der Waals surface area contributed by atoms with E-state index < -0.39 is 11.5 Å². The number of nitrogens with two attached hydrogens (primary N) is 1. The van der Waals surface area contributed by atoms with Gasteiger partial charge in [0.2, 0.25) is 5.78 Å². The molecule has 0 spiro atoms. The molecule has 188 valence electrons. The zero-order valence-electron chi connectivity index (χ0n) is 20.1. The Labute approximate surface area is 214 Å². The molecule has 6 rings (SSSR count). The smallest absolute Gasteiger partial charge is 0.288 e. The van der Waals surface area contributed by atoms with Crippen LogP contribution in [0.4, 0.5) is 11.5 Å². The number of rotatable bonds is 6. The predicted octanol–water partition coefficient (Wildman–Crippen LogP) is 1.89. The van der Waals surface area contributed by atoms with E-state index in [0.717, 1.165) is 26.8 Å². The van der Waals surface area contributed by atoms with Gasteiger partial charge in [-0.2, -0.15) is 24.8 Å². The van der Waals surface area contributed by atoms with Gasteiger partial charge in [0, 0.05) is 60.4 Å². The van der Waals surface area contributed by atoms with Crippen molar-refractivity contribution in [1.82, 2.24) is 43.7 Å². The normalized spacial score (nSPS) is 11.2. The fraction of sp³-hybridized carbons (Fsp3) is 0.0800.